The van der Waals surface area contributed by atoms with Crippen molar-refractivity contribution in [1.82, 2.24) is 0 Å². The fourth-order valence-corrected chi connectivity index (χ4v) is 2.13. The smallest absolute Gasteiger partial charge is 0.235 e. The summed E-state index contributed by atoms with van der Waals surface area (Å²) in [5, 5.41) is 0. The molecular formula is C12H11NO3. The highest BCUT2D eigenvalue weighted by atomic mass is 16.7. The summed E-state index contributed by atoms with van der Waals surface area (Å²) in [4.78, 5) is 14.3. The van der Waals surface area contributed by atoms with Gasteiger partial charge >= 0.3 is 0 Å². The largest absolute Gasteiger partial charge is 0.454 e. The minimum absolute atomic E-state index is 0.267. The van der Waals surface area contributed by atoms with E-state index in [1.165, 1.54) is 0 Å². The molecule has 0 radical (unpaired) electrons. The molecule has 0 atom stereocenters. The Morgan fingerprint density at radius 1 is 1.38 bits per heavy atom. The maximum Gasteiger partial charge on any atom is 0.235 e. The van der Waals surface area contributed by atoms with E-state index >= 15 is 0 Å². The van der Waals surface area contributed by atoms with Crippen molar-refractivity contribution < 1.29 is 14.3 Å². The molecular weight excluding hydrogens is 206 g/mol. The van der Waals surface area contributed by atoms with Crippen LogP contribution < -0.4 is 9.47 Å². The van der Waals surface area contributed by atoms with Gasteiger partial charge in [-0.1, -0.05) is 0 Å². The van der Waals surface area contributed by atoms with Gasteiger partial charge in [0.15, 0.2) is 11.5 Å². The summed E-state index contributed by atoms with van der Waals surface area (Å²) in [6.07, 6.45) is 3.47. The number of hydrogen-bond acceptors (Lipinski definition) is 4. The second-order valence-corrected chi connectivity index (χ2v) is 4.26. The van der Waals surface area contributed by atoms with Gasteiger partial charge in [0.2, 0.25) is 12.9 Å². The first-order valence-electron chi connectivity index (χ1n) is 5.25. The zero-order valence-electron chi connectivity index (χ0n) is 8.95. The Morgan fingerprint density at radius 3 is 2.88 bits per heavy atom. The maximum absolute atomic E-state index is 10.4. The van der Waals surface area contributed by atoms with Gasteiger partial charge < -0.3 is 9.47 Å². The van der Waals surface area contributed by atoms with E-state index in [1.54, 1.807) is 6.08 Å². The molecule has 0 aromatic heterocycles. The van der Waals surface area contributed by atoms with E-state index in [-0.39, 0.29) is 12.3 Å². The van der Waals surface area contributed by atoms with Gasteiger partial charge in [0, 0.05) is 0 Å². The Balaban J connectivity index is 2.10. The second kappa shape index (κ2) is 3.09. The van der Waals surface area contributed by atoms with Gasteiger partial charge in [-0.05, 0) is 43.0 Å². The number of aryl methyl sites for hydroxylation is 1. The molecule has 1 fully saturated rings. The first-order valence-corrected chi connectivity index (χ1v) is 5.25. The Morgan fingerprint density at radius 2 is 2.19 bits per heavy atom. The fraction of sp³-hybridized carbons (Fsp3) is 0.417. The van der Waals surface area contributed by atoms with Gasteiger partial charge in [-0.25, -0.2) is 4.79 Å². The summed E-state index contributed by atoms with van der Waals surface area (Å²) in [5.74, 6) is 1.55. The van der Waals surface area contributed by atoms with Crippen LogP contribution in [0.4, 0.5) is 0 Å². The fourth-order valence-electron chi connectivity index (χ4n) is 2.13. The lowest BCUT2D eigenvalue weighted by Crippen LogP contribution is -2.02. The third kappa shape index (κ3) is 1.24. The highest BCUT2D eigenvalue weighted by Crippen LogP contribution is 2.51. The van der Waals surface area contributed by atoms with Crippen molar-refractivity contribution in [2.24, 2.45) is 4.99 Å². The van der Waals surface area contributed by atoms with Crippen molar-refractivity contribution in [3.05, 3.63) is 23.3 Å². The summed E-state index contributed by atoms with van der Waals surface area (Å²) in [6.45, 7) is 2.24. The monoisotopic (exact) mass is 217 g/mol. The van der Waals surface area contributed by atoms with Crippen LogP contribution >= 0.6 is 0 Å². The van der Waals surface area contributed by atoms with Crippen LogP contribution in [-0.4, -0.2) is 12.9 Å². The Hall–Kier alpha value is -1.80. The summed E-state index contributed by atoms with van der Waals surface area (Å²) in [6, 6.07) is 3.94. The van der Waals surface area contributed by atoms with Crippen molar-refractivity contribution >= 4 is 6.08 Å². The van der Waals surface area contributed by atoms with E-state index in [2.05, 4.69) is 4.99 Å². The molecule has 0 spiro atoms. The van der Waals surface area contributed by atoms with Crippen molar-refractivity contribution in [1.29, 1.82) is 0 Å². The van der Waals surface area contributed by atoms with E-state index in [0.717, 1.165) is 35.5 Å². The molecule has 1 aliphatic carbocycles. The van der Waals surface area contributed by atoms with Gasteiger partial charge in [-0.3, -0.25) is 0 Å². The second-order valence-electron chi connectivity index (χ2n) is 4.26. The number of ether oxygens (including phenoxy) is 2. The Bertz CT molecular complexity index is 499. The van der Waals surface area contributed by atoms with Gasteiger partial charge in [-0.15, -0.1) is 0 Å². The van der Waals surface area contributed by atoms with Gasteiger partial charge in [0.1, 0.15) is 0 Å². The number of rotatable bonds is 2. The van der Waals surface area contributed by atoms with Gasteiger partial charge in [0.25, 0.3) is 0 Å². The number of isocyanates is 1. The first-order chi connectivity index (χ1) is 7.75. The molecule has 16 heavy (non-hydrogen) atoms. The minimum atomic E-state index is -0.340. The molecule has 0 N–H and O–H groups in total. The molecule has 0 amide bonds. The van der Waals surface area contributed by atoms with Crippen LogP contribution in [0.2, 0.25) is 0 Å². The molecule has 1 heterocycles. The number of benzene rings is 1. The molecule has 82 valence electrons. The lowest BCUT2D eigenvalue weighted by atomic mass is 10.0. The van der Waals surface area contributed by atoms with Crippen LogP contribution in [-0.2, 0) is 10.3 Å². The van der Waals surface area contributed by atoms with Crippen LogP contribution in [0.1, 0.15) is 24.0 Å². The molecule has 4 heteroatoms. The number of hydrogen-bond donors (Lipinski definition) is 0. The van der Waals surface area contributed by atoms with Gasteiger partial charge in [0.05, 0.1) is 5.54 Å². The molecule has 4 nitrogen and oxygen atoms in total. The number of nitrogens with zero attached hydrogens (tertiary/aromatic N) is 1. The number of carbonyl (C=O) groups excluding carboxylic acids is 1. The quantitative estimate of drug-likeness (QED) is 0.562. The number of aliphatic imine (C=N–C) groups is 1. The SMILES string of the molecule is Cc1cc(C2(N=C=O)CC2)cc2c1OCO2. The van der Waals surface area contributed by atoms with Crippen LogP contribution in [0, 0.1) is 6.92 Å². The van der Waals surface area contributed by atoms with Crippen molar-refractivity contribution in [3.63, 3.8) is 0 Å². The zero-order valence-corrected chi connectivity index (χ0v) is 8.95. The molecule has 0 saturated heterocycles. The Labute approximate surface area is 92.9 Å². The molecule has 3 rings (SSSR count). The summed E-state index contributed by atoms with van der Waals surface area (Å²) >= 11 is 0. The molecule has 0 bridgehead atoms. The van der Waals surface area contributed by atoms with E-state index in [9.17, 15) is 4.79 Å². The van der Waals surface area contributed by atoms with Gasteiger partial charge in [-0.2, -0.15) is 4.99 Å². The van der Waals surface area contributed by atoms with E-state index in [1.807, 2.05) is 19.1 Å². The van der Waals surface area contributed by atoms with Crippen LogP contribution in [0.15, 0.2) is 17.1 Å². The molecule has 1 aromatic rings. The topological polar surface area (TPSA) is 47.9 Å². The zero-order chi connectivity index (χ0) is 11.2. The lowest BCUT2D eigenvalue weighted by Gasteiger charge is -2.10. The van der Waals surface area contributed by atoms with Crippen molar-refractivity contribution in [3.8, 4) is 11.5 Å². The molecule has 0 unspecified atom stereocenters. The molecule has 1 aromatic carbocycles. The van der Waals surface area contributed by atoms with Crippen LogP contribution in [0.25, 0.3) is 0 Å². The number of fused-ring (bicyclic) bond motifs is 1. The van der Waals surface area contributed by atoms with E-state index in [0.29, 0.717) is 0 Å². The Kier molecular flexibility index (Phi) is 1.82. The predicted molar refractivity (Wildman–Crippen MR) is 56.3 cm³/mol. The highest BCUT2D eigenvalue weighted by molar-refractivity contribution is 5.53. The average molecular weight is 217 g/mol. The standard InChI is InChI=1S/C12H11NO3/c1-8-4-9(12(2-3-12)13-6-14)5-10-11(8)16-7-15-10/h4-5H,2-3,7H2,1H3. The summed E-state index contributed by atoms with van der Waals surface area (Å²) in [7, 11) is 0. The normalized spacial score (nSPS) is 19.1. The summed E-state index contributed by atoms with van der Waals surface area (Å²) in [5.41, 5.74) is 1.71. The van der Waals surface area contributed by atoms with Crippen LogP contribution in [0.5, 0.6) is 11.5 Å². The maximum atomic E-state index is 10.4. The third-order valence-corrected chi connectivity index (χ3v) is 3.18. The summed E-state index contributed by atoms with van der Waals surface area (Å²) < 4.78 is 10.7. The lowest BCUT2D eigenvalue weighted by molar-refractivity contribution is 0.173. The molecule has 1 saturated carbocycles. The van der Waals surface area contributed by atoms with E-state index in [4.69, 9.17) is 9.47 Å². The molecule has 1 aliphatic heterocycles. The molecule has 2 aliphatic rings. The minimum Gasteiger partial charge on any atom is -0.454 e. The van der Waals surface area contributed by atoms with E-state index < -0.39 is 0 Å². The third-order valence-electron chi connectivity index (χ3n) is 3.18. The van der Waals surface area contributed by atoms with Crippen molar-refractivity contribution in [2.75, 3.05) is 6.79 Å². The van der Waals surface area contributed by atoms with Crippen LogP contribution in [0.3, 0.4) is 0 Å². The first kappa shape index (κ1) is 9.43. The highest BCUT2D eigenvalue weighted by Gasteiger charge is 2.45. The van der Waals surface area contributed by atoms with Crippen molar-refractivity contribution in [2.45, 2.75) is 25.3 Å². The average Bonchev–Trinajstić information content (AvgIpc) is 2.89. The predicted octanol–water partition coefficient (Wildman–Crippen LogP) is 2.05.